The molecule has 336 valence electrons. The molecule has 2 aromatic rings. The number of nitrogens with one attached hydrogen (secondary N) is 1. The number of fused-ring (bicyclic) bond motifs is 7. The molecule has 0 radical (unpaired) electrons. The Bertz CT molecular complexity index is 1720. The maximum atomic E-state index is 12.7. The van der Waals surface area contributed by atoms with Gasteiger partial charge in [0.15, 0.2) is 0 Å². The van der Waals surface area contributed by atoms with Crippen molar-refractivity contribution in [2.45, 2.75) is 171 Å². The Morgan fingerprint density at radius 3 is 2.18 bits per heavy atom. The number of carbonyl (C=O) groups is 3. The van der Waals surface area contributed by atoms with Gasteiger partial charge >= 0.3 is 11.9 Å². The van der Waals surface area contributed by atoms with Crippen LogP contribution in [-0.4, -0.2) is 65.0 Å². The monoisotopic (exact) mass is 832 g/mol. The zero-order chi connectivity index (χ0) is 44.0. The van der Waals surface area contributed by atoms with Crippen molar-refractivity contribution in [2.24, 2.45) is 57.2 Å². The van der Waals surface area contributed by atoms with Crippen molar-refractivity contribution in [1.29, 1.82) is 0 Å². The molecule has 60 heavy (non-hydrogen) atoms. The Hall–Kier alpha value is -3.20. The molecule has 11 atom stereocenters. The van der Waals surface area contributed by atoms with E-state index in [1.165, 1.54) is 70.5 Å². The van der Waals surface area contributed by atoms with Gasteiger partial charge in [-0.2, -0.15) is 0 Å². The molecular formula is C51H81N3O6. The summed E-state index contributed by atoms with van der Waals surface area (Å²) < 4.78 is 11.1. The van der Waals surface area contributed by atoms with Crippen LogP contribution < -0.4 is 4.74 Å². The largest absolute Gasteiger partial charge is 0.497 e. The number of H-pyrrole nitrogens is 1. The van der Waals surface area contributed by atoms with E-state index in [0.29, 0.717) is 35.1 Å². The number of esters is 1. The van der Waals surface area contributed by atoms with Gasteiger partial charge in [0.25, 0.3) is 0 Å². The molecule has 1 saturated heterocycles. The lowest BCUT2D eigenvalue weighted by atomic mass is 9.37. The number of aromatic amines is 1. The average molecular weight is 832 g/mol. The molecule has 1 aromatic heterocycles. The number of carboxylic acid groups (broad SMARTS) is 1. The summed E-state index contributed by atoms with van der Waals surface area (Å²) in [6.45, 7) is 20.0. The van der Waals surface area contributed by atoms with Gasteiger partial charge in [0.1, 0.15) is 24.0 Å². The molecule has 5 aliphatic carbocycles. The molecule has 5 saturated carbocycles. The summed E-state index contributed by atoms with van der Waals surface area (Å²) in [4.78, 5) is 46.7. The van der Waals surface area contributed by atoms with E-state index >= 15 is 0 Å². The topological polar surface area (TPSA) is 122 Å². The van der Waals surface area contributed by atoms with Crippen LogP contribution in [0.5, 0.6) is 5.75 Å². The van der Waals surface area contributed by atoms with Gasteiger partial charge in [0.2, 0.25) is 0 Å². The number of aliphatic carboxylic acids is 1. The summed E-state index contributed by atoms with van der Waals surface area (Å²) in [5, 5.41) is 9.41. The molecule has 0 spiro atoms. The predicted molar refractivity (Wildman–Crippen MR) is 241 cm³/mol. The molecule has 1 aromatic carbocycles. The molecule has 2 N–H and O–H groups in total. The van der Waals surface area contributed by atoms with Crippen LogP contribution in [0.1, 0.15) is 170 Å². The number of hydrogen-bond acceptors (Lipinski definition) is 7. The van der Waals surface area contributed by atoms with E-state index in [-0.39, 0.29) is 29.3 Å². The maximum Gasteiger partial charge on any atom is 0.309 e. The van der Waals surface area contributed by atoms with Gasteiger partial charge in [-0.25, -0.2) is 4.98 Å². The van der Waals surface area contributed by atoms with E-state index in [1.54, 1.807) is 21.0 Å². The van der Waals surface area contributed by atoms with Crippen molar-refractivity contribution in [3.05, 3.63) is 36.3 Å². The van der Waals surface area contributed by atoms with E-state index in [4.69, 9.17) is 9.47 Å². The van der Waals surface area contributed by atoms with Gasteiger partial charge in [-0.1, -0.05) is 61.3 Å². The van der Waals surface area contributed by atoms with Crippen molar-refractivity contribution in [3.63, 3.8) is 0 Å². The minimum Gasteiger partial charge on any atom is -0.497 e. The van der Waals surface area contributed by atoms with Crippen molar-refractivity contribution in [3.8, 4) is 17.0 Å². The smallest absolute Gasteiger partial charge is 0.309 e. The number of rotatable bonds is 8. The molecule has 11 unspecified atom stereocenters. The Morgan fingerprint density at radius 2 is 1.57 bits per heavy atom. The second kappa shape index (κ2) is 19.9. The minimum absolute atomic E-state index is 0.0167. The standard InChI is InChI=1S/C31H48O5.C15H19N3O.C3H8.C2H6/c1-19-21-10-14-30(5)22-11-16-31(18-32)13-6-7-23(31)20(22)8-9-25(30)29(21,4)15-12-24(19)36-26(33)17-28(2,3)27(34)35;1-18-9-3-4-14(18)15-16-10-13(17-15)11-5-7-12(19-2)8-6-11;1-3-2;1-2/h18-25H,6-17H2,1-5H3,(H,34,35);5-8,10,14H,3-4,9H2,1-2H3,(H,16,17);3H2,1-2H3;1-2H3. The van der Waals surface area contributed by atoms with Gasteiger partial charge in [0, 0.05) is 5.41 Å². The van der Waals surface area contributed by atoms with Gasteiger partial charge in [-0.05, 0) is 181 Å². The van der Waals surface area contributed by atoms with Gasteiger partial charge in [0.05, 0.1) is 36.9 Å². The molecular weight excluding hydrogens is 751 g/mol. The van der Waals surface area contributed by atoms with E-state index < -0.39 is 11.4 Å². The average Bonchev–Trinajstić information content (AvgIpc) is 4.00. The van der Waals surface area contributed by atoms with Crippen molar-refractivity contribution in [1.82, 2.24) is 14.9 Å². The van der Waals surface area contributed by atoms with E-state index in [2.05, 4.69) is 68.7 Å². The van der Waals surface area contributed by atoms with Crippen LogP contribution in [0.25, 0.3) is 11.3 Å². The number of ether oxygens (including phenoxy) is 2. The molecule has 9 nitrogen and oxygen atoms in total. The minimum atomic E-state index is -1.10. The lowest BCUT2D eigenvalue weighted by molar-refractivity contribution is -0.201. The van der Waals surface area contributed by atoms with Gasteiger partial charge < -0.3 is 24.4 Å². The molecule has 1 aliphatic heterocycles. The summed E-state index contributed by atoms with van der Waals surface area (Å²) in [5.74, 6) is 4.22. The first kappa shape index (κ1) is 47.8. The highest BCUT2D eigenvalue weighted by Crippen LogP contribution is 2.71. The molecule has 2 heterocycles. The number of aldehydes is 1. The third kappa shape index (κ3) is 9.41. The number of methoxy groups -OCH3 is 1. The summed E-state index contributed by atoms with van der Waals surface area (Å²) in [6, 6.07) is 8.48. The first-order chi connectivity index (χ1) is 28.6. The third-order valence-corrected chi connectivity index (χ3v) is 16.6. The van der Waals surface area contributed by atoms with Crippen molar-refractivity contribution >= 4 is 18.2 Å². The second-order valence-corrected chi connectivity index (χ2v) is 20.5. The van der Waals surface area contributed by atoms with Crippen LogP contribution in [0, 0.1) is 57.2 Å². The highest BCUT2D eigenvalue weighted by Gasteiger charge is 2.65. The highest BCUT2D eigenvalue weighted by molar-refractivity contribution is 5.81. The first-order valence-electron chi connectivity index (χ1n) is 23.9. The lowest BCUT2D eigenvalue weighted by Crippen LogP contribution is -2.61. The van der Waals surface area contributed by atoms with Crippen molar-refractivity contribution in [2.75, 3.05) is 20.7 Å². The molecule has 6 aliphatic rings. The SMILES string of the molecule is CC.CC1C(OC(=O)CC(C)(C)C(=O)O)CCC2(C)C1CCC1(C)C3CCC4(C=O)CCCC4C3CCC21.CCC.COc1ccc(-c2cnc(C3CCCN3C)[nH]2)cc1. The number of nitrogens with zero attached hydrogens (tertiary/aromatic N) is 2. The number of aromatic nitrogens is 2. The Morgan fingerprint density at radius 1 is 0.917 bits per heavy atom. The van der Waals surface area contributed by atoms with Crippen molar-refractivity contribution < 1.29 is 29.0 Å². The Labute approximate surface area is 362 Å². The van der Waals surface area contributed by atoms with E-state index in [0.717, 1.165) is 66.9 Å². The van der Waals surface area contributed by atoms with Crippen LogP contribution >= 0.6 is 0 Å². The summed E-state index contributed by atoms with van der Waals surface area (Å²) in [6.07, 6.45) is 19.7. The van der Waals surface area contributed by atoms with E-state index in [9.17, 15) is 19.5 Å². The predicted octanol–water partition coefficient (Wildman–Crippen LogP) is 12.0. The molecule has 9 heteroatoms. The lowest BCUT2D eigenvalue weighted by Gasteiger charge is -2.67. The number of carbonyl (C=O) groups excluding carboxylic acids is 2. The summed E-state index contributed by atoms with van der Waals surface area (Å²) in [7, 11) is 3.84. The first-order valence-corrected chi connectivity index (χ1v) is 23.9. The fraction of sp³-hybridized carbons (Fsp3) is 0.765. The fourth-order valence-corrected chi connectivity index (χ4v) is 13.6. The maximum absolute atomic E-state index is 12.7. The molecule has 6 fully saturated rings. The summed E-state index contributed by atoms with van der Waals surface area (Å²) in [5.41, 5.74) is 1.70. The Balaban J connectivity index is 0.000000238. The van der Waals surface area contributed by atoms with Crippen LogP contribution in [0.3, 0.4) is 0 Å². The molecule has 0 amide bonds. The molecule has 8 rings (SSSR count). The highest BCUT2D eigenvalue weighted by atomic mass is 16.5. The number of imidazole rings is 1. The fourth-order valence-electron chi connectivity index (χ4n) is 13.6. The zero-order valence-electron chi connectivity index (χ0n) is 39.3. The number of benzene rings is 1. The zero-order valence-corrected chi connectivity index (χ0v) is 39.3. The molecule has 0 bridgehead atoms. The quantitative estimate of drug-likeness (QED) is 0.199. The Kier molecular flexibility index (Phi) is 15.9. The van der Waals surface area contributed by atoms with E-state index in [1.807, 2.05) is 32.2 Å². The normalized spacial score (nSPS) is 35.5. The number of carboxylic acids is 1. The van der Waals surface area contributed by atoms with Crippen LogP contribution in [0.15, 0.2) is 30.5 Å². The van der Waals surface area contributed by atoms with Crippen LogP contribution in [0.2, 0.25) is 0 Å². The number of likely N-dealkylation sites (tertiary alicyclic amines) is 1. The van der Waals surface area contributed by atoms with Gasteiger partial charge in [-0.15, -0.1) is 0 Å². The van der Waals surface area contributed by atoms with Crippen LogP contribution in [-0.2, 0) is 19.1 Å². The second-order valence-electron chi connectivity index (χ2n) is 20.5. The number of hydrogen-bond donors (Lipinski definition) is 2. The third-order valence-electron chi connectivity index (χ3n) is 16.6. The summed E-state index contributed by atoms with van der Waals surface area (Å²) >= 11 is 0. The van der Waals surface area contributed by atoms with Gasteiger partial charge in [-0.3, -0.25) is 14.5 Å². The van der Waals surface area contributed by atoms with Crippen LogP contribution in [0.4, 0.5) is 0 Å².